The molecule has 2 atom stereocenters. The minimum Gasteiger partial charge on any atom is -0.452 e. The van der Waals surface area contributed by atoms with Gasteiger partial charge >= 0.3 is 5.97 Å². The molecule has 1 aromatic heterocycles. The average molecular weight is 324 g/mol. The van der Waals surface area contributed by atoms with E-state index >= 15 is 0 Å². The first kappa shape index (κ1) is 16.2. The van der Waals surface area contributed by atoms with Crippen molar-refractivity contribution in [1.82, 2.24) is 9.88 Å². The van der Waals surface area contributed by atoms with Gasteiger partial charge in [-0.3, -0.25) is 14.6 Å². The molecular weight excluding hydrogens is 304 g/mol. The van der Waals surface area contributed by atoms with E-state index in [1.807, 2.05) is 55.5 Å². The fourth-order valence-electron chi connectivity index (χ4n) is 2.87. The molecule has 1 fully saturated rings. The molecule has 5 nitrogen and oxygen atoms in total. The second-order valence-corrected chi connectivity index (χ2v) is 5.89. The van der Waals surface area contributed by atoms with E-state index in [1.54, 1.807) is 11.1 Å². The topological polar surface area (TPSA) is 59.5 Å². The van der Waals surface area contributed by atoms with E-state index in [0.29, 0.717) is 19.4 Å². The fraction of sp³-hybridized carbons (Fsp3) is 0.316. The maximum absolute atomic E-state index is 12.9. The zero-order valence-corrected chi connectivity index (χ0v) is 13.6. The highest BCUT2D eigenvalue weighted by Gasteiger charge is 2.35. The van der Waals surface area contributed by atoms with Gasteiger partial charge in [0.05, 0.1) is 18.3 Å². The van der Waals surface area contributed by atoms with Gasteiger partial charge in [0.2, 0.25) is 0 Å². The molecule has 124 valence electrons. The van der Waals surface area contributed by atoms with Crippen molar-refractivity contribution in [2.75, 3.05) is 0 Å². The van der Waals surface area contributed by atoms with Crippen molar-refractivity contribution in [2.45, 2.75) is 38.5 Å². The molecule has 24 heavy (non-hydrogen) atoms. The van der Waals surface area contributed by atoms with Gasteiger partial charge in [-0.25, -0.2) is 0 Å². The Morgan fingerprint density at radius 3 is 2.62 bits per heavy atom. The van der Waals surface area contributed by atoms with Gasteiger partial charge in [-0.15, -0.1) is 0 Å². The summed E-state index contributed by atoms with van der Waals surface area (Å²) in [5.41, 5.74) is 1.84. The van der Waals surface area contributed by atoms with Gasteiger partial charge < -0.3 is 9.64 Å². The van der Waals surface area contributed by atoms with Gasteiger partial charge in [-0.1, -0.05) is 36.4 Å². The van der Waals surface area contributed by atoms with Crippen LogP contribution in [0.1, 0.15) is 37.1 Å². The van der Waals surface area contributed by atoms with Crippen LogP contribution >= 0.6 is 0 Å². The second kappa shape index (κ2) is 7.25. The van der Waals surface area contributed by atoms with Crippen molar-refractivity contribution in [3.63, 3.8) is 0 Å². The van der Waals surface area contributed by atoms with Crippen LogP contribution < -0.4 is 0 Å². The largest absolute Gasteiger partial charge is 0.452 e. The molecule has 0 unspecified atom stereocenters. The fourth-order valence-corrected chi connectivity index (χ4v) is 2.87. The molecule has 0 N–H and O–H groups in total. The number of cyclic esters (lactones) is 1. The van der Waals surface area contributed by atoms with Gasteiger partial charge in [-0.2, -0.15) is 0 Å². The molecule has 0 saturated carbocycles. The molecule has 1 saturated heterocycles. The molecule has 0 bridgehead atoms. The summed E-state index contributed by atoms with van der Waals surface area (Å²) >= 11 is 0. The Balaban J connectivity index is 1.85. The molecule has 2 aromatic rings. The lowest BCUT2D eigenvalue weighted by Crippen LogP contribution is -2.40. The maximum atomic E-state index is 12.9. The van der Waals surface area contributed by atoms with Gasteiger partial charge in [0.15, 0.2) is 6.10 Å². The lowest BCUT2D eigenvalue weighted by molar-refractivity contribution is -0.154. The van der Waals surface area contributed by atoms with Crippen LogP contribution in [-0.4, -0.2) is 27.9 Å². The third-order valence-electron chi connectivity index (χ3n) is 4.25. The zero-order valence-electron chi connectivity index (χ0n) is 13.6. The molecule has 5 heteroatoms. The normalized spacial score (nSPS) is 18.0. The zero-order chi connectivity index (χ0) is 16.9. The molecule has 2 heterocycles. The predicted octanol–water partition coefficient (Wildman–Crippen LogP) is 2.88. The van der Waals surface area contributed by atoms with E-state index in [0.717, 1.165) is 11.3 Å². The Labute approximate surface area is 141 Å². The van der Waals surface area contributed by atoms with Crippen LogP contribution in [0.2, 0.25) is 0 Å². The van der Waals surface area contributed by atoms with Crippen molar-refractivity contribution < 1.29 is 14.3 Å². The summed E-state index contributed by atoms with van der Waals surface area (Å²) in [6, 6.07) is 15.3. The summed E-state index contributed by atoms with van der Waals surface area (Å²) in [5, 5.41) is 0. The number of hydrogen-bond acceptors (Lipinski definition) is 4. The van der Waals surface area contributed by atoms with E-state index < -0.39 is 6.10 Å². The second-order valence-electron chi connectivity index (χ2n) is 5.89. The lowest BCUT2D eigenvalue weighted by atomic mass is 10.1. The Morgan fingerprint density at radius 1 is 1.25 bits per heavy atom. The maximum Gasteiger partial charge on any atom is 0.306 e. The van der Waals surface area contributed by atoms with Crippen molar-refractivity contribution >= 4 is 11.9 Å². The van der Waals surface area contributed by atoms with E-state index in [1.165, 1.54) is 0 Å². The quantitative estimate of drug-likeness (QED) is 0.794. The van der Waals surface area contributed by atoms with E-state index in [2.05, 4.69) is 4.98 Å². The summed E-state index contributed by atoms with van der Waals surface area (Å²) in [6.07, 6.45) is 1.76. The third kappa shape index (κ3) is 3.62. The molecule has 0 spiro atoms. The number of amides is 1. The van der Waals surface area contributed by atoms with Crippen molar-refractivity contribution in [1.29, 1.82) is 0 Å². The summed E-state index contributed by atoms with van der Waals surface area (Å²) < 4.78 is 5.18. The van der Waals surface area contributed by atoms with E-state index in [9.17, 15) is 9.59 Å². The summed E-state index contributed by atoms with van der Waals surface area (Å²) in [7, 11) is 0. The summed E-state index contributed by atoms with van der Waals surface area (Å²) in [6.45, 7) is 2.36. The van der Waals surface area contributed by atoms with Crippen LogP contribution in [-0.2, 0) is 20.9 Å². The lowest BCUT2D eigenvalue weighted by Gasteiger charge is -2.31. The number of esters is 1. The van der Waals surface area contributed by atoms with Crippen LogP contribution in [0.3, 0.4) is 0 Å². The van der Waals surface area contributed by atoms with Crippen LogP contribution in [0, 0.1) is 0 Å². The van der Waals surface area contributed by atoms with Crippen molar-refractivity contribution in [2.24, 2.45) is 0 Å². The number of carbonyl (C=O) groups excluding carboxylic acids is 2. The minimum atomic E-state index is -0.688. The van der Waals surface area contributed by atoms with E-state index in [-0.39, 0.29) is 17.9 Å². The van der Waals surface area contributed by atoms with Crippen LogP contribution in [0.25, 0.3) is 0 Å². The number of nitrogens with zero attached hydrogens (tertiary/aromatic N) is 2. The monoisotopic (exact) mass is 324 g/mol. The Bertz CT molecular complexity index is 703. The number of pyridine rings is 1. The first-order chi connectivity index (χ1) is 11.6. The first-order valence-electron chi connectivity index (χ1n) is 8.10. The van der Waals surface area contributed by atoms with E-state index in [4.69, 9.17) is 4.74 Å². The average Bonchev–Trinajstić information content (AvgIpc) is 3.06. The number of rotatable bonds is 5. The van der Waals surface area contributed by atoms with Gasteiger partial charge in [-0.05, 0) is 24.6 Å². The molecule has 1 aliphatic rings. The number of aromatic nitrogens is 1. The summed E-state index contributed by atoms with van der Waals surface area (Å²) in [4.78, 5) is 30.4. The predicted molar refractivity (Wildman–Crippen MR) is 88.8 cm³/mol. The molecule has 0 aliphatic carbocycles. The van der Waals surface area contributed by atoms with Crippen LogP contribution in [0.4, 0.5) is 0 Å². The SMILES string of the molecule is C[C@H](c1ccccc1)N(Cc1ccccn1)C(=O)[C@H]1CCC(=O)O1. The minimum absolute atomic E-state index is 0.139. The van der Waals surface area contributed by atoms with Gasteiger partial charge in [0, 0.05) is 19.0 Å². The highest BCUT2D eigenvalue weighted by atomic mass is 16.6. The molecule has 0 radical (unpaired) electrons. The first-order valence-corrected chi connectivity index (χ1v) is 8.10. The summed E-state index contributed by atoms with van der Waals surface area (Å²) in [5.74, 6) is -0.471. The number of hydrogen-bond donors (Lipinski definition) is 0. The van der Waals surface area contributed by atoms with Gasteiger partial charge in [0.25, 0.3) is 5.91 Å². The molecular formula is C19H20N2O3. The van der Waals surface area contributed by atoms with Crippen LogP contribution in [0.5, 0.6) is 0 Å². The van der Waals surface area contributed by atoms with Crippen molar-refractivity contribution in [3.8, 4) is 0 Å². The highest BCUT2D eigenvalue weighted by Crippen LogP contribution is 2.26. The number of ether oxygens (including phenoxy) is 1. The molecule has 1 amide bonds. The Kier molecular flexibility index (Phi) is 4.89. The third-order valence-corrected chi connectivity index (χ3v) is 4.25. The smallest absolute Gasteiger partial charge is 0.306 e. The number of carbonyl (C=O) groups is 2. The van der Waals surface area contributed by atoms with Gasteiger partial charge in [0.1, 0.15) is 0 Å². The Morgan fingerprint density at radius 2 is 2.00 bits per heavy atom. The Hall–Kier alpha value is -2.69. The standard InChI is InChI=1S/C19H20N2O3/c1-14(15-7-3-2-4-8-15)21(13-16-9-5-6-12-20-16)19(23)17-10-11-18(22)24-17/h2-9,12,14,17H,10-11,13H2,1H3/t14-,17-/m1/s1. The number of benzene rings is 1. The van der Waals surface area contributed by atoms with Crippen LogP contribution in [0.15, 0.2) is 54.7 Å². The molecule has 3 rings (SSSR count). The van der Waals surface area contributed by atoms with Crippen molar-refractivity contribution in [3.05, 3.63) is 66.0 Å². The molecule has 1 aliphatic heterocycles. The highest BCUT2D eigenvalue weighted by molar-refractivity contribution is 5.86. The molecule has 1 aromatic carbocycles.